The number of rotatable bonds is 7. The molecule has 0 rings (SSSR count). The van der Waals surface area contributed by atoms with Gasteiger partial charge in [-0.15, -0.1) is 0 Å². The van der Waals surface area contributed by atoms with Gasteiger partial charge in [-0.2, -0.15) is 0 Å². The van der Waals surface area contributed by atoms with E-state index in [1.165, 1.54) is 0 Å². The number of carboxylic acids is 1. The lowest BCUT2D eigenvalue weighted by molar-refractivity contribution is -0.142. The molecule has 2 unspecified atom stereocenters. The zero-order valence-corrected chi connectivity index (χ0v) is 10.7. The minimum absolute atomic E-state index is 0.280. The highest BCUT2D eigenvalue weighted by Crippen LogP contribution is 2.15. The van der Waals surface area contributed by atoms with E-state index in [0.717, 1.165) is 13.0 Å². The van der Waals surface area contributed by atoms with E-state index in [-0.39, 0.29) is 5.92 Å². The second kappa shape index (κ2) is 6.83. The van der Waals surface area contributed by atoms with E-state index in [2.05, 4.69) is 32.6 Å². The van der Waals surface area contributed by atoms with Crippen molar-refractivity contribution < 1.29 is 9.90 Å². The zero-order valence-electron chi connectivity index (χ0n) is 10.7. The fourth-order valence-corrected chi connectivity index (χ4v) is 2.08. The highest BCUT2D eigenvalue weighted by molar-refractivity contribution is 5.69. The average molecular weight is 215 g/mol. The molecule has 0 aliphatic heterocycles. The van der Waals surface area contributed by atoms with Crippen molar-refractivity contribution >= 4 is 5.97 Å². The van der Waals surface area contributed by atoms with Crippen molar-refractivity contribution in [3.8, 4) is 0 Å². The van der Waals surface area contributed by atoms with Gasteiger partial charge in [0.15, 0.2) is 0 Å². The molecule has 0 bridgehead atoms. The zero-order chi connectivity index (χ0) is 12.0. The second-order valence-corrected chi connectivity index (χ2v) is 4.55. The van der Waals surface area contributed by atoms with Gasteiger partial charge < -0.3 is 5.11 Å². The maximum absolute atomic E-state index is 10.8. The number of hydrogen-bond donors (Lipinski definition) is 1. The number of hydrogen-bond acceptors (Lipinski definition) is 2. The number of nitrogens with zero attached hydrogens (tertiary/aromatic N) is 1. The van der Waals surface area contributed by atoms with Crippen LogP contribution in [0.25, 0.3) is 0 Å². The topological polar surface area (TPSA) is 40.5 Å². The molecule has 0 fully saturated rings. The highest BCUT2D eigenvalue weighted by Gasteiger charge is 2.22. The molecule has 3 nitrogen and oxygen atoms in total. The van der Waals surface area contributed by atoms with Gasteiger partial charge in [-0.25, -0.2) is 0 Å². The molecular weight excluding hydrogens is 190 g/mol. The molecule has 0 aliphatic carbocycles. The Balaban J connectivity index is 4.39. The van der Waals surface area contributed by atoms with Gasteiger partial charge in [0.25, 0.3) is 0 Å². The Morgan fingerprint density at radius 2 is 1.80 bits per heavy atom. The summed E-state index contributed by atoms with van der Waals surface area (Å²) in [6.45, 7) is 12.0. The fraction of sp³-hybridized carbons (Fsp3) is 0.917. The molecule has 1 N–H and O–H groups in total. The van der Waals surface area contributed by atoms with Crippen LogP contribution in [0.4, 0.5) is 0 Å². The minimum atomic E-state index is -0.702. The molecule has 2 atom stereocenters. The van der Waals surface area contributed by atoms with Gasteiger partial charge in [0.1, 0.15) is 0 Å². The van der Waals surface area contributed by atoms with Crippen LogP contribution in [0.1, 0.15) is 41.0 Å². The van der Waals surface area contributed by atoms with Crippen LogP contribution in [0.2, 0.25) is 0 Å². The maximum Gasteiger partial charge on any atom is 0.307 e. The molecule has 0 aromatic rings. The predicted molar refractivity (Wildman–Crippen MR) is 63.0 cm³/mol. The van der Waals surface area contributed by atoms with Crippen LogP contribution >= 0.6 is 0 Å². The third-order valence-corrected chi connectivity index (χ3v) is 2.99. The van der Waals surface area contributed by atoms with Gasteiger partial charge in [-0.05, 0) is 18.9 Å². The van der Waals surface area contributed by atoms with Crippen LogP contribution in [0.15, 0.2) is 0 Å². The van der Waals surface area contributed by atoms with Crippen LogP contribution in [-0.2, 0) is 4.79 Å². The van der Waals surface area contributed by atoms with Crippen molar-refractivity contribution in [3.63, 3.8) is 0 Å². The van der Waals surface area contributed by atoms with E-state index in [1.54, 1.807) is 6.92 Å². The molecule has 0 spiro atoms. The third kappa shape index (κ3) is 4.65. The Morgan fingerprint density at radius 1 is 1.27 bits per heavy atom. The van der Waals surface area contributed by atoms with Gasteiger partial charge in [-0.1, -0.05) is 34.6 Å². The summed E-state index contributed by atoms with van der Waals surface area (Å²) in [5.41, 5.74) is 0. The molecule has 0 heterocycles. The summed E-state index contributed by atoms with van der Waals surface area (Å²) in [6.07, 6.45) is 1.08. The van der Waals surface area contributed by atoms with Crippen molar-refractivity contribution in [3.05, 3.63) is 0 Å². The van der Waals surface area contributed by atoms with Gasteiger partial charge in [0.05, 0.1) is 5.92 Å². The first kappa shape index (κ1) is 14.4. The van der Waals surface area contributed by atoms with E-state index in [1.807, 2.05) is 0 Å². The van der Waals surface area contributed by atoms with Crippen LogP contribution in [-0.4, -0.2) is 35.1 Å². The normalized spacial score (nSPS) is 15.7. The van der Waals surface area contributed by atoms with E-state index in [9.17, 15) is 4.79 Å². The molecule has 0 aliphatic rings. The van der Waals surface area contributed by atoms with Gasteiger partial charge in [0.2, 0.25) is 0 Å². The summed E-state index contributed by atoms with van der Waals surface area (Å²) in [6, 6.07) is 0.497. The molecule has 0 saturated heterocycles. The lowest BCUT2D eigenvalue weighted by Gasteiger charge is -2.34. The Kier molecular flexibility index (Phi) is 6.57. The number of carboxylic acid groups (broad SMARTS) is 1. The highest BCUT2D eigenvalue weighted by atomic mass is 16.4. The monoisotopic (exact) mass is 215 g/mol. The smallest absolute Gasteiger partial charge is 0.307 e. The molecule has 90 valence electrons. The van der Waals surface area contributed by atoms with Gasteiger partial charge >= 0.3 is 5.97 Å². The van der Waals surface area contributed by atoms with Crippen LogP contribution in [0.5, 0.6) is 0 Å². The summed E-state index contributed by atoms with van der Waals surface area (Å²) in [5.74, 6) is -0.402. The van der Waals surface area contributed by atoms with Crippen LogP contribution in [0.3, 0.4) is 0 Å². The maximum atomic E-state index is 10.8. The summed E-state index contributed by atoms with van der Waals surface area (Å²) in [5, 5.41) is 8.89. The van der Waals surface area contributed by atoms with Gasteiger partial charge in [0, 0.05) is 12.6 Å². The molecule has 0 aromatic carbocycles. The van der Waals surface area contributed by atoms with Crippen molar-refractivity contribution in [2.24, 2.45) is 11.8 Å². The van der Waals surface area contributed by atoms with Crippen LogP contribution in [0, 0.1) is 11.8 Å². The van der Waals surface area contributed by atoms with Crippen molar-refractivity contribution in [2.45, 2.75) is 47.1 Å². The average Bonchev–Trinajstić information content (AvgIpc) is 2.16. The molecule has 0 aromatic heterocycles. The van der Waals surface area contributed by atoms with Crippen molar-refractivity contribution in [2.75, 3.05) is 13.1 Å². The quantitative estimate of drug-likeness (QED) is 0.709. The Morgan fingerprint density at radius 3 is 2.07 bits per heavy atom. The first-order chi connectivity index (χ1) is 6.93. The van der Waals surface area contributed by atoms with Crippen LogP contribution < -0.4 is 0 Å². The standard InChI is InChI=1S/C12H25NO2/c1-6-11(9(3)4)13(7-2)8-10(5)12(14)15/h9-11H,6-8H2,1-5H3,(H,14,15). The minimum Gasteiger partial charge on any atom is -0.481 e. The first-order valence-corrected chi connectivity index (χ1v) is 5.90. The summed E-state index contributed by atoms with van der Waals surface area (Å²) >= 11 is 0. The predicted octanol–water partition coefficient (Wildman–Crippen LogP) is 2.46. The van der Waals surface area contributed by atoms with E-state index >= 15 is 0 Å². The first-order valence-electron chi connectivity index (χ1n) is 5.90. The Bertz CT molecular complexity index is 192. The second-order valence-electron chi connectivity index (χ2n) is 4.55. The van der Waals surface area contributed by atoms with E-state index < -0.39 is 5.97 Å². The van der Waals surface area contributed by atoms with Crippen molar-refractivity contribution in [1.29, 1.82) is 0 Å². The lowest BCUT2D eigenvalue weighted by Crippen LogP contribution is -2.42. The van der Waals surface area contributed by atoms with Crippen molar-refractivity contribution in [1.82, 2.24) is 4.90 Å². The van der Waals surface area contributed by atoms with Gasteiger partial charge in [-0.3, -0.25) is 9.69 Å². The van der Waals surface area contributed by atoms with E-state index in [4.69, 9.17) is 5.11 Å². The summed E-state index contributed by atoms with van der Waals surface area (Å²) in [4.78, 5) is 13.1. The molecular formula is C12H25NO2. The molecule has 0 radical (unpaired) electrons. The van der Waals surface area contributed by atoms with E-state index in [0.29, 0.717) is 18.5 Å². The molecule has 0 saturated carbocycles. The largest absolute Gasteiger partial charge is 0.481 e. The summed E-state index contributed by atoms with van der Waals surface area (Å²) < 4.78 is 0. The molecule has 3 heteroatoms. The number of aliphatic carboxylic acids is 1. The molecule has 0 amide bonds. The summed E-state index contributed by atoms with van der Waals surface area (Å²) in [7, 11) is 0. The fourth-order valence-electron chi connectivity index (χ4n) is 2.08. The Hall–Kier alpha value is -0.570. The molecule has 15 heavy (non-hydrogen) atoms. The SMILES string of the molecule is CCC(C(C)C)N(CC)CC(C)C(=O)O. The number of carbonyl (C=O) groups is 1. The Labute approximate surface area is 93.5 Å². The third-order valence-electron chi connectivity index (χ3n) is 2.99. The lowest BCUT2D eigenvalue weighted by atomic mass is 9.98.